The Hall–Kier alpha value is -1.64. The molecule has 0 aromatic carbocycles. The maximum Gasteiger partial charge on any atom is 0.151 e. The van der Waals surface area contributed by atoms with E-state index in [4.69, 9.17) is 0 Å². The maximum absolute atomic E-state index is 10.6. The van der Waals surface area contributed by atoms with Gasteiger partial charge < -0.3 is 4.40 Å². The summed E-state index contributed by atoms with van der Waals surface area (Å²) < 4.78 is 1.89. The van der Waals surface area contributed by atoms with Gasteiger partial charge >= 0.3 is 0 Å². The predicted molar refractivity (Wildman–Crippen MR) is 45.3 cm³/mol. The van der Waals surface area contributed by atoms with Gasteiger partial charge in [-0.05, 0) is 19.1 Å². The van der Waals surface area contributed by atoms with E-state index in [0.29, 0.717) is 5.56 Å². The van der Waals surface area contributed by atoms with Crippen LogP contribution in [0.25, 0.3) is 5.52 Å². The molecule has 0 atom stereocenters. The van der Waals surface area contributed by atoms with E-state index in [9.17, 15) is 4.79 Å². The van der Waals surface area contributed by atoms with Gasteiger partial charge in [-0.1, -0.05) is 0 Å². The highest BCUT2D eigenvalue weighted by Gasteiger charge is 2.00. The SMILES string of the molecule is Cc1c(C=O)ccc2cncn12. The fourth-order valence-electron chi connectivity index (χ4n) is 1.27. The van der Waals surface area contributed by atoms with Crippen molar-refractivity contribution in [2.24, 2.45) is 0 Å². The Morgan fingerprint density at radius 1 is 1.50 bits per heavy atom. The largest absolute Gasteiger partial charge is 0.303 e. The van der Waals surface area contributed by atoms with E-state index in [2.05, 4.69) is 4.98 Å². The molecule has 0 aliphatic carbocycles. The number of nitrogens with zero attached hydrogens (tertiary/aromatic N) is 2. The van der Waals surface area contributed by atoms with Crippen molar-refractivity contribution >= 4 is 11.8 Å². The molecule has 0 saturated carbocycles. The predicted octanol–water partition coefficient (Wildman–Crippen LogP) is 1.46. The number of fused-ring (bicyclic) bond motifs is 1. The number of rotatable bonds is 1. The zero-order chi connectivity index (χ0) is 8.55. The van der Waals surface area contributed by atoms with Gasteiger partial charge in [-0.25, -0.2) is 4.98 Å². The van der Waals surface area contributed by atoms with E-state index >= 15 is 0 Å². The van der Waals surface area contributed by atoms with Crippen LogP contribution in [0.5, 0.6) is 0 Å². The topological polar surface area (TPSA) is 34.4 Å². The average Bonchev–Trinajstić information content (AvgIpc) is 2.53. The minimum Gasteiger partial charge on any atom is -0.303 e. The molecule has 0 aliphatic heterocycles. The van der Waals surface area contributed by atoms with Crippen LogP contribution in [0.2, 0.25) is 0 Å². The van der Waals surface area contributed by atoms with Crippen molar-refractivity contribution in [1.82, 2.24) is 9.38 Å². The van der Waals surface area contributed by atoms with Crippen molar-refractivity contribution in [3.05, 3.63) is 35.9 Å². The van der Waals surface area contributed by atoms with Gasteiger partial charge in [-0.3, -0.25) is 4.79 Å². The third-order valence-corrected chi connectivity index (χ3v) is 2.01. The molecule has 2 aromatic rings. The molecular weight excluding hydrogens is 152 g/mol. The fourth-order valence-corrected chi connectivity index (χ4v) is 1.27. The number of pyridine rings is 1. The number of hydrogen-bond donors (Lipinski definition) is 0. The lowest BCUT2D eigenvalue weighted by molar-refractivity contribution is 0.112. The van der Waals surface area contributed by atoms with Gasteiger partial charge in [-0.15, -0.1) is 0 Å². The smallest absolute Gasteiger partial charge is 0.151 e. The Balaban J connectivity index is 2.86. The first-order valence-electron chi connectivity index (χ1n) is 3.70. The number of hydrogen-bond acceptors (Lipinski definition) is 2. The van der Waals surface area contributed by atoms with Crippen LogP contribution >= 0.6 is 0 Å². The second-order valence-corrected chi connectivity index (χ2v) is 2.68. The molecule has 2 heterocycles. The highest BCUT2D eigenvalue weighted by atomic mass is 16.1. The first-order valence-corrected chi connectivity index (χ1v) is 3.70. The van der Waals surface area contributed by atoms with Crippen LogP contribution in [-0.2, 0) is 0 Å². The van der Waals surface area contributed by atoms with E-state index in [1.54, 1.807) is 18.6 Å². The van der Waals surface area contributed by atoms with E-state index in [0.717, 1.165) is 17.5 Å². The lowest BCUT2D eigenvalue weighted by atomic mass is 10.2. The van der Waals surface area contributed by atoms with Gasteiger partial charge in [0.15, 0.2) is 6.29 Å². The Kier molecular flexibility index (Phi) is 1.43. The van der Waals surface area contributed by atoms with Crippen LogP contribution in [0.3, 0.4) is 0 Å². The molecule has 0 N–H and O–H groups in total. The Morgan fingerprint density at radius 3 is 3.08 bits per heavy atom. The number of aryl methyl sites for hydroxylation is 1. The van der Waals surface area contributed by atoms with Gasteiger partial charge in [0.25, 0.3) is 0 Å². The highest BCUT2D eigenvalue weighted by Crippen LogP contribution is 2.09. The van der Waals surface area contributed by atoms with Crippen molar-refractivity contribution in [1.29, 1.82) is 0 Å². The molecule has 0 unspecified atom stereocenters. The molecule has 12 heavy (non-hydrogen) atoms. The second kappa shape index (κ2) is 2.44. The van der Waals surface area contributed by atoms with E-state index in [1.807, 2.05) is 17.4 Å². The maximum atomic E-state index is 10.6. The summed E-state index contributed by atoms with van der Waals surface area (Å²) in [4.78, 5) is 14.5. The van der Waals surface area contributed by atoms with Crippen LogP contribution in [0.15, 0.2) is 24.7 Å². The first-order chi connectivity index (χ1) is 5.83. The third-order valence-electron chi connectivity index (χ3n) is 2.01. The van der Waals surface area contributed by atoms with Gasteiger partial charge in [0.2, 0.25) is 0 Å². The summed E-state index contributed by atoms with van der Waals surface area (Å²) in [7, 11) is 0. The summed E-state index contributed by atoms with van der Waals surface area (Å²) in [5, 5.41) is 0. The summed E-state index contributed by atoms with van der Waals surface area (Å²) in [5.74, 6) is 0. The zero-order valence-corrected chi connectivity index (χ0v) is 6.69. The van der Waals surface area contributed by atoms with Crippen molar-refractivity contribution in [2.45, 2.75) is 6.92 Å². The molecule has 0 fully saturated rings. The minimum absolute atomic E-state index is 0.709. The van der Waals surface area contributed by atoms with Crippen molar-refractivity contribution < 1.29 is 4.79 Å². The van der Waals surface area contributed by atoms with Crippen LogP contribution in [0.4, 0.5) is 0 Å². The van der Waals surface area contributed by atoms with E-state index in [-0.39, 0.29) is 0 Å². The summed E-state index contributed by atoms with van der Waals surface area (Å²) in [6.45, 7) is 1.90. The Morgan fingerprint density at radius 2 is 2.33 bits per heavy atom. The molecule has 2 rings (SSSR count). The zero-order valence-electron chi connectivity index (χ0n) is 6.69. The van der Waals surface area contributed by atoms with Gasteiger partial charge in [0.05, 0.1) is 18.0 Å². The first kappa shape index (κ1) is 7.03. The lowest BCUT2D eigenvalue weighted by Crippen LogP contribution is -1.94. The molecular formula is C9H8N2O. The van der Waals surface area contributed by atoms with E-state index < -0.39 is 0 Å². The number of aromatic nitrogens is 2. The number of carbonyl (C=O) groups is 1. The second-order valence-electron chi connectivity index (χ2n) is 2.68. The molecule has 0 radical (unpaired) electrons. The summed E-state index contributed by atoms with van der Waals surface area (Å²) >= 11 is 0. The fraction of sp³-hybridized carbons (Fsp3) is 0.111. The van der Waals surface area contributed by atoms with Crippen LogP contribution in [0.1, 0.15) is 16.1 Å². The van der Waals surface area contributed by atoms with Gasteiger partial charge in [-0.2, -0.15) is 0 Å². The lowest BCUT2D eigenvalue weighted by Gasteiger charge is -2.01. The molecule has 3 heteroatoms. The quantitative estimate of drug-likeness (QED) is 0.592. The van der Waals surface area contributed by atoms with Crippen molar-refractivity contribution in [2.75, 3.05) is 0 Å². The van der Waals surface area contributed by atoms with Crippen molar-refractivity contribution in [3.8, 4) is 0 Å². The van der Waals surface area contributed by atoms with Gasteiger partial charge in [0, 0.05) is 11.3 Å². The number of imidazole rings is 1. The van der Waals surface area contributed by atoms with Gasteiger partial charge in [0.1, 0.15) is 0 Å². The summed E-state index contributed by atoms with van der Waals surface area (Å²) in [6.07, 6.45) is 4.33. The standard InChI is InChI=1S/C9H8N2O/c1-7-8(5-12)2-3-9-4-10-6-11(7)9/h2-6H,1H3. The highest BCUT2D eigenvalue weighted by molar-refractivity contribution is 5.77. The summed E-state index contributed by atoms with van der Waals surface area (Å²) in [5.41, 5.74) is 2.65. The molecule has 3 nitrogen and oxygen atoms in total. The average molecular weight is 160 g/mol. The third kappa shape index (κ3) is 0.830. The molecule has 0 saturated heterocycles. The molecule has 0 bridgehead atoms. The van der Waals surface area contributed by atoms with Crippen molar-refractivity contribution in [3.63, 3.8) is 0 Å². The van der Waals surface area contributed by atoms with Crippen LogP contribution < -0.4 is 0 Å². The number of carbonyl (C=O) groups excluding carboxylic acids is 1. The van der Waals surface area contributed by atoms with E-state index in [1.165, 1.54) is 0 Å². The minimum atomic E-state index is 0.709. The normalized spacial score (nSPS) is 10.4. The molecule has 60 valence electrons. The number of aldehydes is 1. The monoisotopic (exact) mass is 160 g/mol. The molecule has 0 amide bonds. The molecule has 0 aliphatic rings. The summed E-state index contributed by atoms with van der Waals surface area (Å²) in [6, 6.07) is 3.68. The van der Waals surface area contributed by atoms with Crippen LogP contribution in [-0.4, -0.2) is 15.7 Å². The Bertz CT molecular complexity index is 431. The molecule has 2 aromatic heterocycles. The molecule has 0 spiro atoms. The Labute approximate surface area is 69.7 Å². The van der Waals surface area contributed by atoms with Crippen LogP contribution in [0, 0.1) is 6.92 Å².